The minimum Gasteiger partial charge on any atom is -0.494 e. The topological polar surface area (TPSA) is 107 Å². The second-order valence-electron chi connectivity index (χ2n) is 10.0. The number of nitrogens with one attached hydrogen (secondary N) is 1. The molecule has 0 unspecified atom stereocenters. The Balaban J connectivity index is 1.52. The zero-order chi connectivity index (χ0) is 30.3. The number of hydrogen-bond donors (Lipinski definition) is 1. The highest BCUT2D eigenvalue weighted by Gasteiger charge is 2.21. The molecule has 9 heteroatoms. The Morgan fingerprint density at radius 1 is 1.02 bits per heavy atom. The standard InChI is InChI=1S/C34H32N6O3/c1-4-5-19-43-30-18-12-13-25(21-30)32-27(23-39(37-32)28-14-8-6-9-15-28)20-26(22-35)33(41)36-31-24(2)38(3)40(34(31)42)29-16-10-7-11-17-29/h6-18,20-21,23H,4-5,19H2,1-3H3,(H,36,41)/b26-20-. The largest absolute Gasteiger partial charge is 0.494 e. The third-order valence-corrected chi connectivity index (χ3v) is 7.10. The minimum absolute atomic E-state index is 0.106. The fraction of sp³-hybridized carbons (Fsp3) is 0.176. The van der Waals surface area contributed by atoms with E-state index in [-0.39, 0.29) is 11.3 Å². The van der Waals surface area contributed by atoms with E-state index in [2.05, 4.69) is 12.2 Å². The van der Waals surface area contributed by atoms with Crippen LogP contribution in [0.15, 0.2) is 101 Å². The molecular formula is C34H32N6O3. The van der Waals surface area contributed by atoms with Crippen LogP contribution in [0, 0.1) is 18.3 Å². The second kappa shape index (κ2) is 12.9. The van der Waals surface area contributed by atoms with Crippen molar-refractivity contribution in [3.8, 4) is 34.5 Å². The third-order valence-electron chi connectivity index (χ3n) is 7.10. The number of amides is 1. The highest BCUT2D eigenvalue weighted by Crippen LogP contribution is 2.29. The molecule has 1 amide bonds. The van der Waals surface area contributed by atoms with Crippen molar-refractivity contribution >= 4 is 17.7 Å². The molecule has 3 aromatic carbocycles. The molecule has 9 nitrogen and oxygen atoms in total. The Hall–Kier alpha value is -5.62. The number of nitrogens with zero attached hydrogens (tertiary/aromatic N) is 5. The number of nitriles is 1. The molecular weight excluding hydrogens is 540 g/mol. The van der Waals surface area contributed by atoms with E-state index in [1.54, 1.807) is 29.5 Å². The summed E-state index contributed by atoms with van der Waals surface area (Å²) in [5.41, 5.74) is 3.49. The van der Waals surface area contributed by atoms with Crippen LogP contribution >= 0.6 is 0 Å². The van der Waals surface area contributed by atoms with Crippen LogP contribution in [0.2, 0.25) is 0 Å². The summed E-state index contributed by atoms with van der Waals surface area (Å²) >= 11 is 0. The van der Waals surface area contributed by atoms with Crippen molar-refractivity contribution in [2.75, 3.05) is 11.9 Å². The van der Waals surface area contributed by atoms with Gasteiger partial charge in [0, 0.05) is 24.4 Å². The van der Waals surface area contributed by atoms with E-state index in [4.69, 9.17) is 9.84 Å². The van der Waals surface area contributed by atoms with Gasteiger partial charge < -0.3 is 10.1 Å². The molecule has 0 aliphatic rings. The van der Waals surface area contributed by atoms with Crippen molar-refractivity contribution in [1.29, 1.82) is 5.26 Å². The number of rotatable bonds is 10. The predicted molar refractivity (Wildman–Crippen MR) is 167 cm³/mol. The first-order chi connectivity index (χ1) is 20.9. The first kappa shape index (κ1) is 28.9. The van der Waals surface area contributed by atoms with Gasteiger partial charge in [-0.3, -0.25) is 14.3 Å². The van der Waals surface area contributed by atoms with E-state index in [0.717, 1.165) is 24.1 Å². The van der Waals surface area contributed by atoms with Gasteiger partial charge in [-0.05, 0) is 55.8 Å². The Kier molecular flexibility index (Phi) is 8.68. The Bertz CT molecular complexity index is 1870. The van der Waals surface area contributed by atoms with Crippen molar-refractivity contribution in [3.05, 3.63) is 118 Å². The number of para-hydroxylation sites is 2. The molecule has 0 spiro atoms. The van der Waals surface area contributed by atoms with Crippen LogP contribution in [0.25, 0.3) is 28.7 Å². The van der Waals surface area contributed by atoms with Crippen LogP contribution in [0.4, 0.5) is 5.69 Å². The van der Waals surface area contributed by atoms with Crippen LogP contribution in [0.5, 0.6) is 5.75 Å². The average Bonchev–Trinajstić information content (AvgIpc) is 3.55. The Labute approximate surface area is 249 Å². The average molecular weight is 573 g/mol. The fourth-order valence-electron chi connectivity index (χ4n) is 4.70. The summed E-state index contributed by atoms with van der Waals surface area (Å²) in [6.07, 6.45) is 5.24. The van der Waals surface area contributed by atoms with E-state index in [9.17, 15) is 14.9 Å². The van der Waals surface area contributed by atoms with Gasteiger partial charge in [-0.15, -0.1) is 0 Å². The number of carbonyl (C=O) groups excluding carboxylic acids is 1. The molecule has 0 fully saturated rings. The second-order valence-corrected chi connectivity index (χ2v) is 10.0. The molecule has 0 bridgehead atoms. The Morgan fingerprint density at radius 2 is 1.72 bits per heavy atom. The van der Waals surface area contributed by atoms with E-state index in [1.807, 2.05) is 91.0 Å². The van der Waals surface area contributed by atoms with Crippen LogP contribution in [-0.2, 0) is 11.8 Å². The van der Waals surface area contributed by atoms with Crippen molar-refractivity contribution in [2.45, 2.75) is 26.7 Å². The Morgan fingerprint density at radius 3 is 2.40 bits per heavy atom. The summed E-state index contributed by atoms with van der Waals surface area (Å²) < 4.78 is 10.8. The lowest BCUT2D eigenvalue weighted by Crippen LogP contribution is -2.23. The minimum atomic E-state index is -0.691. The number of ether oxygens (including phenoxy) is 1. The first-order valence-corrected chi connectivity index (χ1v) is 14.1. The molecule has 2 aromatic heterocycles. The lowest BCUT2D eigenvalue weighted by atomic mass is 10.1. The highest BCUT2D eigenvalue weighted by molar-refractivity contribution is 6.10. The van der Waals surface area contributed by atoms with Crippen molar-refractivity contribution in [2.24, 2.45) is 7.05 Å². The van der Waals surface area contributed by atoms with Crippen molar-refractivity contribution in [1.82, 2.24) is 19.1 Å². The van der Waals surface area contributed by atoms with Crippen LogP contribution in [0.3, 0.4) is 0 Å². The van der Waals surface area contributed by atoms with Gasteiger partial charge in [0.15, 0.2) is 0 Å². The van der Waals surface area contributed by atoms with Gasteiger partial charge in [0.25, 0.3) is 11.5 Å². The first-order valence-electron chi connectivity index (χ1n) is 14.1. The molecule has 0 saturated carbocycles. The number of hydrogen-bond acceptors (Lipinski definition) is 5. The highest BCUT2D eigenvalue weighted by atomic mass is 16.5. The zero-order valence-electron chi connectivity index (χ0n) is 24.3. The lowest BCUT2D eigenvalue weighted by Gasteiger charge is -2.07. The molecule has 0 aliphatic carbocycles. The number of unbranched alkanes of at least 4 members (excludes halogenated alkanes) is 1. The van der Waals surface area contributed by atoms with Crippen LogP contribution in [0.1, 0.15) is 31.0 Å². The molecule has 1 N–H and O–H groups in total. The quantitative estimate of drug-likeness (QED) is 0.124. The monoisotopic (exact) mass is 572 g/mol. The molecule has 0 aliphatic heterocycles. The molecule has 0 radical (unpaired) electrons. The summed E-state index contributed by atoms with van der Waals surface area (Å²) in [6, 6.07) is 28.3. The van der Waals surface area contributed by atoms with E-state index < -0.39 is 11.5 Å². The maximum atomic E-state index is 13.4. The number of carbonyl (C=O) groups is 1. The van der Waals surface area contributed by atoms with Gasteiger partial charge in [-0.2, -0.15) is 10.4 Å². The molecule has 5 aromatic rings. The zero-order valence-corrected chi connectivity index (χ0v) is 24.3. The summed E-state index contributed by atoms with van der Waals surface area (Å²) in [6.45, 7) is 4.45. The predicted octanol–water partition coefficient (Wildman–Crippen LogP) is 6.06. The fourth-order valence-corrected chi connectivity index (χ4v) is 4.70. The van der Waals surface area contributed by atoms with Gasteiger partial charge in [-0.1, -0.05) is 61.9 Å². The summed E-state index contributed by atoms with van der Waals surface area (Å²) in [5.74, 6) is 0.0196. The van der Waals surface area contributed by atoms with Gasteiger partial charge in [-0.25, -0.2) is 9.36 Å². The molecule has 2 heterocycles. The van der Waals surface area contributed by atoms with Crippen molar-refractivity contribution in [3.63, 3.8) is 0 Å². The van der Waals surface area contributed by atoms with Crippen LogP contribution in [-0.4, -0.2) is 31.7 Å². The summed E-state index contributed by atoms with van der Waals surface area (Å²) in [5, 5.41) is 17.5. The van der Waals surface area contributed by atoms with Gasteiger partial charge in [0.05, 0.1) is 23.7 Å². The van der Waals surface area contributed by atoms with E-state index in [0.29, 0.717) is 35.0 Å². The smallest absolute Gasteiger partial charge is 0.295 e. The molecule has 43 heavy (non-hydrogen) atoms. The molecule has 5 rings (SSSR count). The summed E-state index contributed by atoms with van der Waals surface area (Å²) in [4.78, 5) is 26.8. The van der Waals surface area contributed by atoms with Gasteiger partial charge in [0.2, 0.25) is 0 Å². The maximum absolute atomic E-state index is 13.4. The van der Waals surface area contributed by atoms with Crippen molar-refractivity contribution < 1.29 is 9.53 Å². The third kappa shape index (κ3) is 6.19. The SMILES string of the molecule is CCCCOc1cccc(-c2nn(-c3ccccc3)cc2/C=C(/C#N)C(=O)Nc2c(C)n(C)n(-c3ccccc3)c2=O)c1. The normalized spacial score (nSPS) is 11.3. The summed E-state index contributed by atoms with van der Waals surface area (Å²) in [7, 11) is 1.74. The molecule has 0 atom stereocenters. The lowest BCUT2D eigenvalue weighted by molar-refractivity contribution is -0.112. The number of aromatic nitrogens is 4. The van der Waals surface area contributed by atoms with Gasteiger partial charge in [0.1, 0.15) is 28.8 Å². The maximum Gasteiger partial charge on any atom is 0.295 e. The van der Waals surface area contributed by atoms with E-state index in [1.165, 1.54) is 10.8 Å². The van der Waals surface area contributed by atoms with Gasteiger partial charge >= 0.3 is 0 Å². The van der Waals surface area contributed by atoms with E-state index >= 15 is 0 Å². The molecule has 216 valence electrons. The van der Waals surface area contributed by atoms with Crippen LogP contribution < -0.4 is 15.6 Å². The number of anilines is 1. The molecule has 0 saturated heterocycles. The number of benzene rings is 3.